The van der Waals surface area contributed by atoms with Crippen molar-refractivity contribution in [3.05, 3.63) is 46.4 Å². The Morgan fingerprint density at radius 2 is 2.05 bits per heavy atom. The van der Waals surface area contributed by atoms with Crippen LogP contribution in [0, 0.1) is 0 Å². The maximum atomic E-state index is 10.1. The fourth-order valence-corrected chi connectivity index (χ4v) is 2.38. The Balaban J connectivity index is 1.81. The highest BCUT2D eigenvalue weighted by Crippen LogP contribution is 2.18. The molecule has 2 N–H and O–H groups in total. The van der Waals surface area contributed by atoms with E-state index in [2.05, 4.69) is 10.3 Å². The van der Waals surface area contributed by atoms with Crippen molar-refractivity contribution >= 4 is 11.3 Å². The van der Waals surface area contributed by atoms with Crippen LogP contribution in [0.15, 0.2) is 35.2 Å². The zero-order chi connectivity index (χ0) is 14.4. The molecule has 20 heavy (non-hydrogen) atoms. The van der Waals surface area contributed by atoms with Gasteiger partial charge >= 0.3 is 0 Å². The summed E-state index contributed by atoms with van der Waals surface area (Å²) in [6, 6.07) is 7.57. The molecule has 2 rings (SSSR count). The minimum absolute atomic E-state index is 0.158. The van der Waals surface area contributed by atoms with Gasteiger partial charge in [0.2, 0.25) is 0 Å². The van der Waals surface area contributed by atoms with E-state index in [9.17, 15) is 5.11 Å². The first-order valence-corrected chi connectivity index (χ1v) is 7.62. The van der Waals surface area contributed by atoms with Crippen molar-refractivity contribution in [2.24, 2.45) is 0 Å². The van der Waals surface area contributed by atoms with Crippen LogP contribution in [0.1, 0.15) is 31.2 Å². The smallest absolute Gasteiger partial charge is 0.119 e. The van der Waals surface area contributed by atoms with Crippen molar-refractivity contribution in [3.63, 3.8) is 0 Å². The Morgan fingerprint density at radius 1 is 1.30 bits per heavy atom. The molecular formula is C15H20N2O2S. The van der Waals surface area contributed by atoms with Crippen molar-refractivity contribution in [2.45, 2.75) is 32.6 Å². The molecule has 0 fully saturated rings. The first-order valence-electron chi connectivity index (χ1n) is 6.67. The summed E-state index contributed by atoms with van der Waals surface area (Å²) in [5, 5.41) is 15.3. The van der Waals surface area contributed by atoms with Crippen LogP contribution < -0.4 is 10.1 Å². The van der Waals surface area contributed by atoms with Gasteiger partial charge in [-0.1, -0.05) is 12.1 Å². The highest BCUT2D eigenvalue weighted by atomic mass is 32.1. The molecule has 1 aromatic carbocycles. The lowest BCUT2D eigenvalue weighted by atomic mass is 10.1. The van der Waals surface area contributed by atoms with Gasteiger partial charge in [0.25, 0.3) is 0 Å². The molecule has 0 bridgehead atoms. The molecule has 0 spiro atoms. The van der Waals surface area contributed by atoms with Gasteiger partial charge in [-0.25, -0.2) is 4.98 Å². The Kier molecular flexibility index (Phi) is 5.52. The second-order valence-electron chi connectivity index (χ2n) is 4.86. The van der Waals surface area contributed by atoms with Crippen molar-refractivity contribution in [3.8, 4) is 5.75 Å². The normalized spacial score (nSPS) is 12.6. The molecule has 0 amide bonds. The van der Waals surface area contributed by atoms with E-state index < -0.39 is 6.10 Å². The van der Waals surface area contributed by atoms with Crippen LogP contribution in [0.2, 0.25) is 0 Å². The van der Waals surface area contributed by atoms with Crippen LogP contribution in [0.5, 0.6) is 5.75 Å². The quantitative estimate of drug-likeness (QED) is 0.824. The van der Waals surface area contributed by atoms with Gasteiger partial charge < -0.3 is 15.2 Å². The van der Waals surface area contributed by atoms with Gasteiger partial charge in [0.1, 0.15) is 5.75 Å². The Hall–Kier alpha value is -1.43. The summed E-state index contributed by atoms with van der Waals surface area (Å²) >= 11 is 1.57. The van der Waals surface area contributed by atoms with Crippen molar-refractivity contribution in [1.29, 1.82) is 0 Å². The van der Waals surface area contributed by atoms with Gasteiger partial charge in [-0.3, -0.25) is 0 Å². The first kappa shape index (κ1) is 15.0. The Morgan fingerprint density at radius 3 is 2.65 bits per heavy atom. The molecule has 1 heterocycles. The standard InChI is InChI=1S/C15H20N2O2S/c1-11(2)19-14-5-3-12(4-6-14)15(18)8-16-7-13-9-20-10-17-13/h3-6,9-11,15-16,18H,7-8H2,1-2H3. The molecule has 0 saturated heterocycles. The van der Waals surface area contributed by atoms with Gasteiger partial charge in [-0.05, 0) is 31.5 Å². The van der Waals surface area contributed by atoms with E-state index in [0.29, 0.717) is 13.1 Å². The Labute approximate surface area is 123 Å². The number of ether oxygens (including phenoxy) is 1. The summed E-state index contributed by atoms with van der Waals surface area (Å²) in [4.78, 5) is 4.18. The number of hydrogen-bond donors (Lipinski definition) is 2. The predicted octanol–water partition coefficient (Wildman–Crippen LogP) is 2.75. The van der Waals surface area contributed by atoms with Crippen LogP contribution in [0.3, 0.4) is 0 Å². The molecule has 0 saturated carbocycles. The zero-order valence-corrected chi connectivity index (χ0v) is 12.6. The molecule has 5 heteroatoms. The minimum atomic E-state index is -0.526. The van der Waals surface area contributed by atoms with Crippen molar-refractivity contribution in [2.75, 3.05) is 6.54 Å². The van der Waals surface area contributed by atoms with E-state index in [4.69, 9.17) is 4.74 Å². The van der Waals surface area contributed by atoms with Crippen LogP contribution in [-0.4, -0.2) is 22.7 Å². The lowest BCUT2D eigenvalue weighted by molar-refractivity contribution is 0.174. The largest absolute Gasteiger partial charge is 0.491 e. The number of nitrogens with one attached hydrogen (secondary N) is 1. The molecule has 0 aliphatic heterocycles. The summed E-state index contributed by atoms with van der Waals surface area (Å²) in [6.45, 7) is 5.16. The molecule has 108 valence electrons. The minimum Gasteiger partial charge on any atom is -0.491 e. The van der Waals surface area contributed by atoms with Crippen molar-refractivity contribution in [1.82, 2.24) is 10.3 Å². The molecule has 4 nitrogen and oxygen atoms in total. The fraction of sp³-hybridized carbons (Fsp3) is 0.400. The molecule has 0 aliphatic rings. The number of hydrogen-bond acceptors (Lipinski definition) is 5. The molecule has 0 radical (unpaired) electrons. The number of thiazole rings is 1. The molecule has 0 aliphatic carbocycles. The maximum absolute atomic E-state index is 10.1. The van der Waals surface area contributed by atoms with E-state index in [-0.39, 0.29) is 6.10 Å². The zero-order valence-electron chi connectivity index (χ0n) is 11.7. The van der Waals surface area contributed by atoms with E-state index in [1.807, 2.05) is 43.5 Å². The summed E-state index contributed by atoms with van der Waals surface area (Å²) in [5.41, 5.74) is 3.69. The second kappa shape index (κ2) is 7.38. The summed E-state index contributed by atoms with van der Waals surface area (Å²) < 4.78 is 5.57. The van der Waals surface area contributed by atoms with Crippen LogP contribution in [0.4, 0.5) is 0 Å². The monoisotopic (exact) mass is 292 g/mol. The molecule has 1 aromatic heterocycles. The first-order chi connectivity index (χ1) is 9.65. The lowest BCUT2D eigenvalue weighted by Crippen LogP contribution is -2.21. The number of rotatable bonds is 7. The van der Waals surface area contributed by atoms with Crippen LogP contribution in [-0.2, 0) is 6.54 Å². The summed E-state index contributed by atoms with van der Waals surface area (Å²) in [5.74, 6) is 0.825. The fourth-order valence-electron chi connectivity index (χ4n) is 1.82. The van der Waals surface area contributed by atoms with Gasteiger partial charge in [-0.15, -0.1) is 11.3 Å². The molecule has 1 unspecified atom stereocenters. The van der Waals surface area contributed by atoms with E-state index in [1.165, 1.54) is 0 Å². The number of benzene rings is 1. The lowest BCUT2D eigenvalue weighted by Gasteiger charge is -2.14. The average Bonchev–Trinajstić information content (AvgIpc) is 2.92. The van der Waals surface area contributed by atoms with Crippen LogP contribution >= 0.6 is 11.3 Å². The topological polar surface area (TPSA) is 54.4 Å². The third-order valence-electron chi connectivity index (χ3n) is 2.76. The highest BCUT2D eigenvalue weighted by Gasteiger charge is 2.08. The van der Waals surface area contributed by atoms with E-state index >= 15 is 0 Å². The molecular weight excluding hydrogens is 272 g/mol. The maximum Gasteiger partial charge on any atom is 0.119 e. The van der Waals surface area contributed by atoms with Crippen molar-refractivity contribution < 1.29 is 9.84 Å². The third kappa shape index (κ3) is 4.59. The number of aliphatic hydroxyl groups excluding tert-OH is 1. The Bertz CT molecular complexity index is 497. The summed E-state index contributed by atoms with van der Waals surface area (Å²) in [6.07, 6.45) is -0.368. The molecule has 1 atom stereocenters. The van der Waals surface area contributed by atoms with Gasteiger partial charge in [0.05, 0.1) is 23.4 Å². The second-order valence-corrected chi connectivity index (χ2v) is 5.58. The SMILES string of the molecule is CC(C)Oc1ccc(C(O)CNCc2cscn2)cc1. The van der Waals surface area contributed by atoms with Gasteiger partial charge in [0.15, 0.2) is 0 Å². The van der Waals surface area contributed by atoms with E-state index in [1.54, 1.807) is 16.8 Å². The van der Waals surface area contributed by atoms with E-state index in [0.717, 1.165) is 17.0 Å². The average molecular weight is 292 g/mol. The number of aliphatic hydroxyl groups is 1. The third-order valence-corrected chi connectivity index (χ3v) is 3.40. The summed E-state index contributed by atoms with van der Waals surface area (Å²) in [7, 11) is 0. The number of nitrogens with zero attached hydrogens (tertiary/aromatic N) is 1. The van der Waals surface area contributed by atoms with Gasteiger partial charge in [0, 0.05) is 18.5 Å². The van der Waals surface area contributed by atoms with Gasteiger partial charge in [-0.2, -0.15) is 0 Å². The number of aromatic nitrogens is 1. The van der Waals surface area contributed by atoms with Crippen LogP contribution in [0.25, 0.3) is 0 Å². The predicted molar refractivity (Wildman–Crippen MR) is 81.0 cm³/mol. The molecule has 2 aromatic rings. The highest BCUT2D eigenvalue weighted by molar-refractivity contribution is 7.07.